The number of rotatable bonds is 5. The van der Waals surface area contributed by atoms with Gasteiger partial charge < -0.3 is 10.2 Å². The largest absolute Gasteiger partial charge is 0.344 e. The van der Waals surface area contributed by atoms with Crippen molar-refractivity contribution in [3.63, 3.8) is 0 Å². The fourth-order valence-electron chi connectivity index (χ4n) is 3.30. The molecule has 2 amide bonds. The maximum Gasteiger partial charge on any atom is 0.249 e. The standard InChI is InChI=1S/C17H24N6O2/c1-11-14(12(2)22(4)20-11)5-6-16(24)19-15-7-8-23(17(15)25)13-9-18-21(3)10-13/h9-10,15H,5-8H2,1-4H3,(H,19,24)/t15-/m1/s1. The van der Waals surface area contributed by atoms with Crippen LogP contribution in [0.15, 0.2) is 12.4 Å². The van der Waals surface area contributed by atoms with Crippen molar-refractivity contribution >= 4 is 17.5 Å². The zero-order valence-electron chi connectivity index (χ0n) is 15.1. The van der Waals surface area contributed by atoms with Gasteiger partial charge in [0.15, 0.2) is 0 Å². The van der Waals surface area contributed by atoms with Crippen LogP contribution in [-0.4, -0.2) is 44.0 Å². The number of anilines is 1. The topological polar surface area (TPSA) is 85.1 Å². The van der Waals surface area contributed by atoms with E-state index >= 15 is 0 Å². The van der Waals surface area contributed by atoms with Crippen molar-refractivity contribution in [3.05, 3.63) is 29.3 Å². The molecule has 8 nitrogen and oxygen atoms in total. The number of hydrogen-bond donors (Lipinski definition) is 1. The summed E-state index contributed by atoms with van der Waals surface area (Å²) < 4.78 is 3.49. The summed E-state index contributed by atoms with van der Waals surface area (Å²) in [6, 6.07) is -0.455. The molecule has 0 unspecified atom stereocenters. The molecule has 1 aliphatic rings. The van der Waals surface area contributed by atoms with Crippen molar-refractivity contribution in [3.8, 4) is 0 Å². The molecule has 0 aliphatic carbocycles. The highest BCUT2D eigenvalue weighted by atomic mass is 16.2. The fourth-order valence-corrected chi connectivity index (χ4v) is 3.30. The van der Waals surface area contributed by atoms with Gasteiger partial charge in [0.25, 0.3) is 0 Å². The Labute approximate surface area is 146 Å². The van der Waals surface area contributed by atoms with Crippen molar-refractivity contribution in [2.24, 2.45) is 14.1 Å². The molecule has 0 saturated carbocycles. The van der Waals surface area contributed by atoms with Crippen LogP contribution in [0.4, 0.5) is 5.69 Å². The summed E-state index contributed by atoms with van der Waals surface area (Å²) in [5, 5.41) is 11.3. The van der Waals surface area contributed by atoms with Crippen molar-refractivity contribution in [1.29, 1.82) is 0 Å². The minimum atomic E-state index is -0.455. The third kappa shape index (κ3) is 3.42. The smallest absolute Gasteiger partial charge is 0.249 e. The highest BCUT2D eigenvalue weighted by Gasteiger charge is 2.34. The van der Waals surface area contributed by atoms with Crippen LogP contribution in [0.3, 0.4) is 0 Å². The summed E-state index contributed by atoms with van der Waals surface area (Å²) in [5.41, 5.74) is 3.90. The first-order valence-electron chi connectivity index (χ1n) is 8.45. The first-order chi connectivity index (χ1) is 11.9. The quantitative estimate of drug-likeness (QED) is 0.862. The zero-order chi connectivity index (χ0) is 18.1. The molecule has 1 aliphatic heterocycles. The average Bonchev–Trinajstić information content (AvgIpc) is 3.19. The van der Waals surface area contributed by atoms with Gasteiger partial charge in [-0.05, 0) is 32.3 Å². The van der Waals surface area contributed by atoms with E-state index in [1.54, 1.807) is 22.0 Å². The molecule has 1 fully saturated rings. The second kappa shape index (κ2) is 6.70. The molecule has 1 N–H and O–H groups in total. The van der Waals surface area contributed by atoms with Crippen LogP contribution >= 0.6 is 0 Å². The average molecular weight is 344 g/mol. The Balaban J connectivity index is 1.56. The summed E-state index contributed by atoms with van der Waals surface area (Å²) >= 11 is 0. The van der Waals surface area contributed by atoms with Crippen LogP contribution in [0.5, 0.6) is 0 Å². The van der Waals surface area contributed by atoms with E-state index in [-0.39, 0.29) is 11.8 Å². The molecule has 2 aromatic heterocycles. The van der Waals surface area contributed by atoms with Gasteiger partial charge in [-0.3, -0.25) is 19.0 Å². The summed E-state index contributed by atoms with van der Waals surface area (Å²) in [4.78, 5) is 26.4. The number of aromatic nitrogens is 4. The Morgan fingerprint density at radius 2 is 2.12 bits per heavy atom. The van der Waals surface area contributed by atoms with Crippen molar-refractivity contribution in [1.82, 2.24) is 24.9 Å². The van der Waals surface area contributed by atoms with Gasteiger partial charge in [0, 0.05) is 39.0 Å². The van der Waals surface area contributed by atoms with E-state index in [1.807, 2.05) is 32.6 Å². The van der Waals surface area contributed by atoms with Crippen LogP contribution in [0, 0.1) is 13.8 Å². The van der Waals surface area contributed by atoms with Crippen LogP contribution in [0.2, 0.25) is 0 Å². The van der Waals surface area contributed by atoms with Crippen molar-refractivity contribution in [2.45, 2.75) is 39.2 Å². The number of hydrogen-bond acceptors (Lipinski definition) is 4. The van der Waals surface area contributed by atoms with Gasteiger partial charge in [-0.1, -0.05) is 0 Å². The Bertz CT molecular complexity index is 806. The van der Waals surface area contributed by atoms with Gasteiger partial charge in [0.2, 0.25) is 11.8 Å². The van der Waals surface area contributed by atoms with Gasteiger partial charge in [-0.2, -0.15) is 10.2 Å². The molecule has 0 radical (unpaired) electrons. The lowest BCUT2D eigenvalue weighted by Crippen LogP contribution is -2.41. The van der Waals surface area contributed by atoms with E-state index in [0.717, 1.165) is 22.6 Å². The second-order valence-electron chi connectivity index (χ2n) is 6.54. The predicted octanol–water partition coefficient (Wildman–Crippen LogP) is 0.625. The number of nitrogens with zero attached hydrogens (tertiary/aromatic N) is 5. The minimum absolute atomic E-state index is 0.0740. The van der Waals surface area contributed by atoms with Gasteiger partial charge in [-0.25, -0.2) is 0 Å². The first kappa shape index (κ1) is 17.2. The van der Waals surface area contributed by atoms with Crippen LogP contribution in [0.25, 0.3) is 0 Å². The predicted molar refractivity (Wildman–Crippen MR) is 93.1 cm³/mol. The molecular weight excluding hydrogens is 320 g/mol. The number of carbonyl (C=O) groups excluding carboxylic acids is 2. The Morgan fingerprint density at radius 1 is 1.36 bits per heavy atom. The third-order valence-electron chi connectivity index (χ3n) is 4.80. The summed E-state index contributed by atoms with van der Waals surface area (Å²) in [6.45, 7) is 4.54. The molecule has 0 bridgehead atoms. The monoisotopic (exact) mass is 344 g/mol. The highest BCUT2D eigenvalue weighted by molar-refractivity contribution is 6.01. The van der Waals surface area contributed by atoms with E-state index in [1.165, 1.54) is 0 Å². The number of nitrogens with one attached hydrogen (secondary N) is 1. The molecule has 8 heteroatoms. The number of aryl methyl sites for hydroxylation is 3. The van der Waals surface area contributed by atoms with E-state index in [4.69, 9.17) is 0 Å². The van der Waals surface area contributed by atoms with E-state index in [9.17, 15) is 9.59 Å². The molecule has 25 heavy (non-hydrogen) atoms. The lowest BCUT2D eigenvalue weighted by atomic mass is 10.1. The molecule has 1 saturated heterocycles. The SMILES string of the molecule is Cc1nn(C)c(C)c1CCC(=O)N[C@@H]1CCN(c2cnn(C)c2)C1=O. The highest BCUT2D eigenvalue weighted by Crippen LogP contribution is 2.21. The van der Waals surface area contributed by atoms with Gasteiger partial charge in [0.05, 0.1) is 17.6 Å². The fraction of sp³-hybridized carbons (Fsp3) is 0.529. The summed E-state index contributed by atoms with van der Waals surface area (Å²) in [7, 11) is 3.71. The number of amides is 2. The Morgan fingerprint density at radius 3 is 2.72 bits per heavy atom. The molecular formula is C17H24N6O2. The lowest BCUT2D eigenvalue weighted by molar-refractivity contribution is -0.126. The molecule has 0 aromatic carbocycles. The molecule has 134 valence electrons. The van der Waals surface area contributed by atoms with Gasteiger partial charge in [0.1, 0.15) is 6.04 Å². The maximum absolute atomic E-state index is 12.5. The minimum Gasteiger partial charge on any atom is -0.344 e. The summed E-state index contributed by atoms with van der Waals surface area (Å²) in [6.07, 6.45) is 5.06. The van der Waals surface area contributed by atoms with E-state index in [2.05, 4.69) is 15.5 Å². The van der Waals surface area contributed by atoms with Crippen LogP contribution in [-0.2, 0) is 30.1 Å². The molecule has 3 rings (SSSR count). The second-order valence-corrected chi connectivity index (χ2v) is 6.54. The van der Waals surface area contributed by atoms with Gasteiger partial charge >= 0.3 is 0 Å². The van der Waals surface area contributed by atoms with E-state index in [0.29, 0.717) is 25.8 Å². The Hall–Kier alpha value is -2.64. The third-order valence-corrected chi connectivity index (χ3v) is 4.80. The normalized spacial score (nSPS) is 17.4. The van der Waals surface area contributed by atoms with Crippen molar-refractivity contribution in [2.75, 3.05) is 11.4 Å². The lowest BCUT2D eigenvalue weighted by Gasteiger charge is -2.15. The zero-order valence-corrected chi connectivity index (χ0v) is 15.1. The molecule has 1 atom stereocenters. The summed E-state index contributed by atoms with van der Waals surface area (Å²) in [5.74, 6) is -0.177. The van der Waals surface area contributed by atoms with Gasteiger partial charge in [-0.15, -0.1) is 0 Å². The number of carbonyl (C=O) groups is 2. The molecule has 2 aromatic rings. The van der Waals surface area contributed by atoms with E-state index < -0.39 is 6.04 Å². The Kier molecular flexibility index (Phi) is 4.61. The molecule has 3 heterocycles. The maximum atomic E-state index is 12.5. The van der Waals surface area contributed by atoms with Crippen molar-refractivity contribution < 1.29 is 9.59 Å². The molecule has 0 spiro atoms. The van der Waals surface area contributed by atoms with Crippen LogP contribution in [0.1, 0.15) is 29.8 Å². The van der Waals surface area contributed by atoms with Crippen LogP contribution < -0.4 is 10.2 Å². The first-order valence-corrected chi connectivity index (χ1v) is 8.45.